The SMILES string of the molecule is O=c1c2ccccc2[n-]c2ccccc12.[Y]. The van der Waals surface area contributed by atoms with Crippen LogP contribution in [0.25, 0.3) is 21.8 Å². The summed E-state index contributed by atoms with van der Waals surface area (Å²) in [5, 5.41) is 1.38. The molecule has 0 unspecified atom stereocenters. The molecule has 0 aliphatic rings. The maximum atomic E-state index is 12.0. The Morgan fingerprint density at radius 1 is 0.750 bits per heavy atom. The van der Waals surface area contributed by atoms with Gasteiger partial charge < -0.3 is 4.98 Å². The second-order valence-electron chi connectivity index (χ2n) is 3.48. The molecule has 1 heterocycles. The summed E-state index contributed by atoms with van der Waals surface area (Å²) >= 11 is 0. The van der Waals surface area contributed by atoms with Crippen LogP contribution in [0.3, 0.4) is 0 Å². The van der Waals surface area contributed by atoms with Crippen LogP contribution in [0.4, 0.5) is 0 Å². The van der Waals surface area contributed by atoms with Crippen molar-refractivity contribution in [1.82, 2.24) is 4.98 Å². The van der Waals surface area contributed by atoms with E-state index < -0.39 is 0 Å². The van der Waals surface area contributed by atoms with E-state index in [1.54, 1.807) is 0 Å². The molecule has 0 spiro atoms. The van der Waals surface area contributed by atoms with Crippen molar-refractivity contribution in [2.24, 2.45) is 0 Å². The van der Waals surface area contributed by atoms with Gasteiger partial charge in [-0.1, -0.05) is 48.5 Å². The van der Waals surface area contributed by atoms with Crippen LogP contribution in [0, 0.1) is 0 Å². The van der Waals surface area contributed by atoms with Crippen molar-refractivity contribution in [3.05, 3.63) is 58.8 Å². The molecule has 0 amide bonds. The van der Waals surface area contributed by atoms with Gasteiger partial charge in [-0.15, -0.1) is 11.0 Å². The van der Waals surface area contributed by atoms with E-state index in [4.69, 9.17) is 0 Å². The number of fused-ring (bicyclic) bond motifs is 2. The maximum Gasteiger partial charge on any atom is 0.190 e. The first-order valence-electron chi connectivity index (χ1n) is 4.81. The Kier molecular flexibility index (Phi) is 3.22. The van der Waals surface area contributed by atoms with Gasteiger partial charge in [-0.25, -0.2) is 0 Å². The van der Waals surface area contributed by atoms with Crippen molar-refractivity contribution in [2.45, 2.75) is 0 Å². The Hall–Kier alpha value is -0.986. The van der Waals surface area contributed by atoms with E-state index in [2.05, 4.69) is 4.98 Å². The van der Waals surface area contributed by atoms with Gasteiger partial charge in [-0.2, -0.15) is 0 Å². The summed E-state index contributed by atoms with van der Waals surface area (Å²) in [6, 6.07) is 14.9. The van der Waals surface area contributed by atoms with E-state index >= 15 is 0 Å². The summed E-state index contributed by atoms with van der Waals surface area (Å²) in [5.74, 6) is 0. The van der Waals surface area contributed by atoms with Crippen LogP contribution in [0.15, 0.2) is 53.3 Å². The second kappa shape index (κ2) is 4.48. The number of hydrogen-bond acceptors (Lipinski definition) is 1. The maximum absolute atomic E-state index is 12.0. The average Bonchev–Trinajstić information content (AvgIpc) is 2.30. The van der Waals surface area contributed by atoms with Gasteiger partial charge in [0, 0.05) is 43.5 Å². The Balaban J connectivity index is 0.000000963. The molecule has 0 saturated carbocycles. The number of aromatic nitrogens is 1. The molecule has 0 aliphatic heterocycles. The molecule has 1 aromatic heterocycles. The molecule has 0 bridgehead atoms. The summed E-state index contributed by atoms with van der Waals surface area (Å²) in [5.41, 5.74) is 1.60. The largest absolute Gasteiger partial charge is 0.657 e. The Morgan fingerprint density at radius 3 is 1.69 bits per heavy atom. The fraction of sp³-hybridized carbons (Fsp3) is 0. The summed E-state index contributed by atoms with van der Waals surface area (Å²) in [6.45, 7) is 0. The van der Waals surface area contributed by atoms with Crippen LogP contribution in [0.5, 0.6) is 0 Å². The first-order chi connectivity index (χ1) is 7.36. The molecule has 0 fully saturated rings. The summed E-state index contributed by atoms with van der Waals surface area (Å²) in [6.07, 6.45) is 0. The predicted octanol–water partition coefficient (Wildman–Crippen LogP) is 2.31. The normalized spacial score (nSPS) is 10.2. The van der Waals surface area contributed by atoms with Gasteiger partial charge in [-0.05, 0) is 0 Å². The van der Waals surface area contributed by atoms with Gasteiger partial charge >= 0.3 is 0 Å². The van der Waals surface area contributed by atoms with Crippen LogP contribution in [-0.4, -0.2) is 0 Å². The first-order valence-corrected chi connectivity index (χ1v) is 4.81. The van der Waals surface area contributed by atoms with Gasteiger partial charge in [-0.3, -0.25) is 4.79 Å². The van der Waals surface area contributed by atoms with Gasteiger partial charge in [0.15, 0.2) is 5.43 Å². The fourth-order valence-corrected chi connectivity index (χ4v) is 1.80. The molecule has 0 N–H and O–H groups in total. The Labute approximate surface area is 118 Å². The smallest absolute Gasteiger partial charge is 0.190 e. The summed E-state index contributed by atoms with van der Waals surface area (Å²) in [4.78, 5) is 16.5. The minimum atomic E-state index is 0. The van der Waals surface area contributed by atoms with Crippen LogP contribution >= 0.6 is 0 Å². The number of rotatable bonds is 0. The number of para-hydroxylation sites is 2. The van der Waals surface area contributed by atoms with Crippen molar-refractivity contribution in [3.63, 3.8) is 0 Å². The molecule has 3 heteroatoms. The van der Waals surface area contributed by atoms with Crippen molar-refractivity contribution in [2.75, 3.05) is 0 Å². The number of nitrogens with zero attached hydrogens (tertiary/aromatic N) is 1. The van der Waals surface area contributed by atoms with Gasteiger partial charge in [0.25, 0.3) is 0 Å². The van der Waals surface area contributed by atoms with Crippen LogP contribution in [-0.2, 0) is 32.7 Å². The molecule has 0 aliphatic carbocycles. The van der Waals surface area contributed by atoms with Crippen molar-refractivity contribution >= 4 is 21.8 Å². The molecule has 1 radical (unpaired) electrons. The third kappa shape index (κ3) is 1.72. The molecule has 75 valence electrons. The van der Waals surface area contributed by atoms with Gasteiger partial charge in [0.1, 0.15) is 0 Å². The van der Waals surface area contributed by atoms with E-state index in [0.29, 0.717) is 10.8 Å². The molecule has 2 nitrogen and oxygen atoms in total. The standard InChI is InChI=1S/C13H9NO.Y/c15-13-9-5-1-3-7-11(9)14-12-8-4-2-6-10(12)13;/h1-8H,(H,14,15);/p-1. The molecular formula is C13H8NOY-. The first kappa shape index (κ1) is 11.5. The Morgan fingerprint density at radius 2 is 1.19 bits per heavy atom. The molecular weight excluding hydrogens is 275 g/mol. The Bertz CT molecular complexity index is 646. The van der Waals surface area contributed by atoms with E-state index in [1.807, 2.05) is 48.5 Å². The zero-order valence-corrected chi connectivity index (χ0v) is 11.4. The molecule has 0 atom stereocenters. The summed E-state index contributed by atoms with van der Waals surface area (Å²) < 4.78 is 0. The van der Waals surface area contributed by atoms with E-state index in [9.17, 15) is 4.79 Å². The van der Waals surface area contributed by atoms with E-state index in [1.165, 1.54) is 0 Å². The second-order valence-corrected chi connectivity index (χ2v) is 3.48. The van der Waals surface area contributed by atoms with Crippen molar-refractivity contribution < 1.29 is 32.7 Å². The number of pyridine rings is 1. The van der Waals surface area contributed by atoms with Crippen LogP contribution in [0.2, 0.25) is 0 Å². The molecule has 0 saturated heterocycles. The quantitative estimate of drug-likeness (QED) is 0.593. The fourth-order valence-electron chi connectivity index (χ4n) is 1.80. The van der Waals surface area contributed by atoms with E-state index in [-0.39, 0.29) is 38.1 Å². The van der Waals surface area contributed by atoms with Crippen LogP contribution < -0.4 is 10.4 Å². The predicted molar refractivity (Wildman–Crippen MR) is 61.0 cm³/mol. The van der Waals surface area contributed by atoms with Gasteiger partial charge in [0.2, 0.25) is 0 Å². The molecule has 2 aromatic carbocycles. The van der Waals surface area contributed by atoms with Gasteiger partial charge in [0.05, 0.1) is 0 Å². The monoisotopic (exact) mass is 283 g/mol. The topological polar surface area (TPSA) is 31.2 Å². The van der Waals surface area contributed by atoms with Crippen molar-refractivity contribution in [3.8, 4) is 0 Å². The third-order valence-electron chi connectivity index (χ3n) is 2.54. The zero-order valence-electron chi connectivity index (χ0n) is 8.55. The molecule has 16 heavy (non-hydrogen) atoms. The zero-order chi connectivity index (χ0) is 10.3. The average molecular weight is 283 g/mol. The van der Waals surface area contributed by atoms with Crippen LogP contribution in [0.1, 0.15) is 0 Å². The van der Waals surface area contributed by atoms with Crippen molar-refractivity contribution in [1.29, 1.82) is 0 Å². The summed E-state index contributed by atoms with van der Waals surface area (Å²) in [7, 11) is 0. The minimum Gasteiger partial charge on any atom is -0.657 e. The third-order valence-corrected chi connectivity index (χ3v) is 2.54. The number of benzene rings is 2. The molecule has 3 rings (SSSR count). The minimum absolute atomic E-state index is 0. The van der Waals surface area contributed by atoms with E-state index in [0.717, 1.165) is 11.0 Å². The number of hydrogen-bond donors (Lipinski definition) is 0. The molecule has 3 aromatic rings.